The van der Waals surface area contributed by atoms with Gasteiger partial charge in [0, 0.05) is 18.2 Å². The highest BCUT2D eigenvalue weighted by Crippen LogP contribution is 2.00. The van der Waals surface area contributed by atoms with Gasteiger partial charge in [0.25, 0.3) is 0 Å². The molecule has 0 aromatic heterocycles. The van der Waals surface area contributed by atoms with Crippen LogP contribution in [0, 0.1) is 0 Å². The summed E-state index contributed by atoms with van der Waals surface area (Å²) >= 11 is 1.60. The first kappa shape index (κ1) is 13.3. The summed E-state index contributed by atoms with van der Waals surface area (Å²) in [5.74, 6) is -0.163. The maximum atomic E-state index is 11.2. The molecule has 0 aromatic carbocycles. The molecule has 0 fully saturated rings. The van der Waals surface area contributed by atoms with Gasteiger partial charge in [-0.05, 0) is 12.7 Å². The van der Waals surface area contributed by atoms with Crippen molar-refractivity contribution in [3.63, 3.8) is 0 Å². The Morgan fingerprint density at radius 1 is 1.50 bits per heavy atom. The minimum atomic E-state index is -0.873. The number of carboxylic acid groups (broad SMARTS) is 1. The maximum Gasteiger partial charge on any atom is 0.305 e. The van der Waals surface area contributed by atoms with Crippen LogP contribution in [-0.4, -0.2) is 35.0 Å². The molecular weight excluding hydrogens is 202 g/mol. The van der Waals surface area contributed by atoms with Crippen molar-refractivity contribution in [2.75, 3.05) is 12.0 Å². The first-order chi connectivity index (χ1) is 6.60. The van der Waals surface area contributed by atoms with Gasteiger partial charge in [-0.15, -0.1) is 0 Å². The van der Waals surface area contributed by atoms with E-state index in [1.54, 1.807) is 11.8 Å². The van der Waals surface area contributed by atoms with Crippen molar-refractivity contribution < 1.29 is 14.7 Å². The lowest BCUT2D eigenvalue weighted by atomic mass is 10.1. The average Bonchev–Trinajstić information content (AvgIpc) is 2.12. The van der Waals surface area contributed by atoms with E-state index < -0.39 is 5.97 Å². The Morgan fingerprint density at radius 2 is 2.14 bits per heavy atom. The second-order valence-electron chi connectivity index (χ2n) is 3.01. The highest BCUT2D eigenvalue weighted by atomic mass is 32.2. The van der Waals surface area contributed by atoms with Crippen LogP contribution in [0.4, 0.5) is 0 Å². The number of nitrogens with one attached hydrogen (secondary N) is 1. The van der Waals surface area contributed by atoms with Gasteiger partial charge in [0.2, 0.25) is 5.91 Å². The Labute approximate surface area is 88.4 Å². The molecule has 1 amide bonds. The Balaban J connectivity index is 3.80. The standard InChI is InChI=1S/C9H17NO3S/c1-3-7(6-9(12)13)10-8(11)4-5-14-2/h7H,3-6H2,1-2H3,(H,10,11)(H,12,13). The van der Waals surface area contributed by atoms with Crippen molar-refractivity contribution >= 4 is 23.6 Å². The summed E-state index contributed by atoms with van der Waals surface area (Å²) in [5, 5.41) is 11.2. The van der Waals surface area contributed by atoms with Crippen molar-refractivity contribution in [3.8, 4) is 0 Å². The van der Waals surface area contributed by atoms with Crippen LogP contribution in [0.25, 0.3) is 0 Å². The summed E-state index contributed by atoms with van der Waals surface area (Å²) in [7, 11) is 0. The number of hydrogen-bond acceptors (Lipinski definition) is 3. The highest BCUT2D eigenvalue weighted by molar-refractivity contribution is 7.98. The molecule has 2 N–H and O–H groups in total. The number of carbonyl (C=O) groups is 2. The van der Waals surface area contributed by atoms with Gasteiger partial charge in [0.1, 0.15) is 0 Å². The van der Waals surface area contributed by atoms with Crippen LogP contribution in [0.15, 0.2) is 0 Å². The van der Waals surface area contributed by atoms with Gasteiger partial charge in [-0.25, -0.2) is 0 Å². The number of amides is 1. The predicted octanol–water partition coefficient (Wildman–Crippen LogP) is 1.11. The summed E-state index contributed by atoms with van der Waals surface area (Å²) in [4.78, 5) is 21.6. The first-order valence-electron chi connectivity index (χ1n) is 4.60. The fourth-order valence-electron chi connectivity index (χ4n) is 1.00. The first-order valence-corrected chi connectivity index (χ1v) is 5.99. The molecule has 14 heavy (non-hydrogen) atoms. The molecule has 0 saturated carbocycles. The van der Waals surface area contributed by atoms with Crippen molar-refractivity contribution in [2.45, 2.75) is 32.2 Å². The Kier molecular flexibility index (Phi) is 7.28. The summed E-state index contributed by atoms with van der Waals surface area (Å²) < 4.78 is 0. The maximum absolute atomic E-state index is 11.2. The predicted molar refractivity (Wildman–Crippen MR) is 57.5 cm³/mol. The van der Waals surface area contributed by atoms with E-state index >= 15 is 0 Å². The van der Waals surface area contributed by atoms with Gasteiger partial charge in [-0.2, -0.15) is 11.8 Å². The van der Waals surface area contributed by atoms with Crippen molar-refractivity contribution in [1.29, 1.82) is 0 Å². The van der Waals surface area contributed by atoms with Gasteiger partial charge >= 0.3 is 5.97 Å². The lowest BCUT2D eigenvalue weighted by Crippen LogP contribution is -2.36. The second-order valence-corrected chi connectivity index (χ2v) is 4.00. The molecule has 0 radical (unpaired) electrons. The van der Waals surface area contributed by atoms with E-state index in [4.69, 9.17) is 5.11 Å². The second kappa shape index (κ2) is 7.67. The van der Waals surface area contributed by atoms with Gasteiger partial charge in [0.15, 0.2) is 0 Å². The zero-order chi connectivity index (χ0) is 11.0. The molecule has 4 nitrogen and oxygen atoms in total. The summed E-state index contributed by atoms with van der Waals surface area (Å²) in [6.07, 6.45) is 3.04. The topological polar surface area (TPSA) is 66.4 Å². The van der Waals surface area contributed by atoms with E-state index in [9.17, 15) is 9.59 Å². The van der Waals surface area contributed by atoms with E-state index in [2.05, 4.69) is 5.32 Å². The van der Waals surface area contributed by atoms with E-state index in [-0.39, 0.29) is 18.4 Å². The molecule has 0 saturated heterocycles. The average molecular weight is 219 g/mol. The number of hydrogen-bond donors (Lipinski definition) is 2. The molecular formula is C9H17NO3S. The van der Waals surface area contributed by atoms with Crippen LogP contribution in [0.5, 0.6) is 0 Å². The van der Waals surface area contributed by atoms with Crippen LogP contribution in [-0.2, 0) is 9.59 Å². The van der Waals surface area contributed by atoms with Gasteiger partial charge in [-0.1, -0.05) is 6.92 Å². The highest BCUT2D eigenvalue weighted by Gasteiger charge is 2.13. The minimum Gasteiger partial charge on any atom is -0.481 e. The molecule has 0 aliphatic rings. The summed E-state index contributed by atoms with van der Waals surface area (Å²) in [6.45, 7) is 1.86. The van der Waals surface area contributed by atoms with Crippen LogP contribution >= 0.6 is 11.8 Å². The quantitative estimate of drug-likeness (QED) is 0.673. The number of thioether (sulfide) groups is 1. The lowest BCUT2D eigenvalue weighted by Gasteiger charge is -2.14. The van der Waals surface area contributed by atoms with Crippen LogP contribution in [0.3, 0.4) is 0 Å². The number of aliphatic carboxylic acids is 1. The zero-order valence-electron chi connectivity index (χ0n) is 8.58. The number of rotatable bonds is 7. The van der Waals surface area contributed by atoms with Crippen molar-refractivity contribution in [2.24, 2.45) is 0 Å². The Bertz CT molecular complexity index is 196. The summed E-state index contributed by atoms with van der Waals surface area (Å²) in [6, 6.07) is -0.234. The lowest BCUT2D eigenvalue weighted by molar-refractivity contribution is -0.137. The molecule has 82 valence electrons. The Morgan fingerprint density at radius 3 is 2.57 bits per heavy atom. The SMILES string of the molecule is CCC(CC(=O)O)NC(=O)CCSC. The van der Waals surface area contributed by atoms with Gasteiger partial charge in [0.05, 0.1) is 6.42 Å². The van der Waals surface area contributed by atoms with E-state index in [0.717, 1.165) is 5.75 Å². The molecule has 0 rings (SSSR count). The van der Waals surface area contributed by atoms with Crippen LogP contribution in [0.2, 0.25) is 0 Å². The fraction of sp³-hybridized carbons (Fsp3) is 0.778. The molecule has 0 spiro atoms. The van der Waals surface area contributed by atoms with Crippen molar-refractivity contribution in [3.05, 3.63) is 0 Å². The van der Waals surface area contributed by atoms with Gasteiger partial charge in [-0.3, -0.25) is 9.59 Å². The molecule has 0 heterocycles. The van der Waals surface area contributed by atoms with E-state index in [0.29, 0.717) is 12.8 Å². The third-order valence-corrected chi connectivity index (χ3v) is 2.42. The van der Waals surface area contributed by atoms with E-state index in [1.807, 2.05) is 13.2 Å². The minimum absolute atomic E-state index is 0.00150. The number of carboxylic acids is 1. The third kappa shape index (κ3) is 6.77. The van der Waals surface area contributed by atoms with Crippen molar-refractivity contribution in [1.82, 2.24) is 5.32 Å². The molecule has 1 atom stereocenters. The normalized spacial score (nSPS) is 12.1. The van der Waals surface area contributed by atoms with E-state index in [1.165, 1.54) is 0 Å². The van der Waals surface area contributed by atoms with Crippen LogP contribution < -0.4 is 5.32 Å². The van der Waals surface area contributed by atoms with Crippen LogP contribution in [0.1, 0.15) is 26.2 Å². The number of carbonyl (C=O) groups excluding carboxylic acids is 1. The molecule has 5 heteroatoms. The zero-order valence-corrected chi connectivity index (χ0v) is 9.39. The largest absolute Gasteiger partial charge is 0.481 e. The molecule has 1 unspecified atom stereocenters. The monoisotopic (exact) mass is 219 g/mol. The Hall–Kier alpha value is -0.710. The molecule has 0 aromatic rings. The fourth-order valence-corrected chi connectivity index (χ4v) is 1.39. The molecule has 0 aliphatic heterocycles. The van der Waals surface area contributed by atoms with Gasteiger partial charge < -0.3 is 10.4 Å². The molecule has 0 bridgehead atoms. The molecule has 0 aliphatic carbocycles. The third-order valence-electron chi connectivity index (χ3n) is 1.81. The smallest absolute Gasteiger partial charge is 0.305 e. The summed E-state index contributed by atoms with van der Waals surface area (Å²) in [5.41, 5.74) is 0.